The summed E-state index contributed by atoms with van der Waals surface area (Å²) in [5.41, 5.74) is 2.71. The van der Waals surface area contributed by atoms with E-state index < -0.39 is 11.9 Å². The highest BCUT2D eigenvalue weighted by molar-refractivity contribution is 5.92. The number of carbonyl (C=O) groups is 2. The van der Waals surface area contributed by atoms with Gasteiger partial charge in [-0.1, -0.05) is 36.2 Å². The van der Waals surface area contributed by atoms with Crippen LogP contribution < -0.4 is 10.6 Å². The van der Waals surface area contributed by atoms with E-state index >= 15 is 0 Å². The van der Waals surface area contributed by atoms with Gasteiger partial charge in [0.2, 0.25) is 11.8 Å². The van der Waals surface area contributed by atoms with Gasteiger partial charge in [-0.05, 0) is 43.5 Å². The molecule has 172 valence electrons. The average molecular weight is 450 g/mol. The average Bonchev–Trinajstić information content (AvgIpc) is 3.02. The van der Waals surface area contributed by atoms with Gasteiger partial charge in [0.15, 0.2) is 5.82 Å². The number of aryl methyl sites for hydroxylation is 2. The monoisotopic (exact) mass is 449 g/mol. The number of nitrogens with one attached hydrogen (secondary N) is 2. The summed E-state index contributed by atoms with van der Waals surface area (Å²) in [4.78, 5) is 24.5. The summed E-state index contributed by atoms with van der Waals surface area (Å²) in [5, 5.41) is 14.1. The smallest absolute Gasteiger partial charge is 0.226 e. The summed E-state index contributed by atoms with van der Waals surface area (Å²) in [5.74, 6) is 0.434. The van der Waals surface area contributed by atoms with Crippen molar-refractivity contribution < 1.29 is 14.0 Å². The summed E-state index contributed by atoms with van der Waals surface area (Å²) < 4.78 is 16.7. The Labute approximate surface area is 192 Å². The molecule has 0 bridgehead atoms. The van der Waals surface area contributed by atoms with Crippen molar-refractivity contribution >= 4 is 17.5 Å². The lowest BCUT2D eigenvalue weighted by molar-refractivity contribution is -0.120. The van der Waals surface area contributed by atoms with E-state index in [9.17, 15) is 14.0 Å². The summed E-state index contributed by atoms with van der Waals surface area (Å²) in [6.07, 6.45) is 4.04. The summed E-state index contributed by atoms with van der Waals surface area (Å²) >= 11 is 0. The highest BCUT2D eigenvalue weighted by Crippen LogP contribution is 2.28. The second-order valence-electron chi connectivity index (χ2n) is 8.51. The third-order valence-corrected chi connectivity index (χ3v) is 5.85. The fourth-order valence-electron chi connectivity index (χ4n) is 4.15. The fourth-order valence-corrected chi connectivity index (χ4v) is 4.15. The quantitative estimate of drug-likeness (QED) is 0.586. The number of anilines is 1. The van der Waals surface area contributed by atoms with Crippen molar-refractivity contribution in [3.63, 3.8) is 0 Å². The van der Waals surface area contributed by atoms with E-state index in [1.165, 1.54) is 19.1 Å². The minimum Gasteiger partial charge on any atom is -0.349 e. The van der Waals surface area contributed by atoms with Crippen molar-refractivity contribution in [1.29, 1.82) is 0 Å². The standard InChI is InChI=1S/C25H28FN5O2/c1-16-7-9-18(10-8-16)22(27-17(2)32)15-24(33)28-19-11-12-21(26)20(14-19)25-30-29-23-6-4-3-5-13-31(23)25/h7-12,14,22H,3-6,13,15H2,1-2H3,(H,27,32)(H,28,33). The number of aromatic nitrogens is 3. The topological polar surface area (TPSA) is 88.9 Å². The number of rotatable bonds is 6. The molecule has 1 atom stereocenters. The molecule has 1 aliphatic rings. The molecule has 7 nitrogen and oxygen atoms in total. The van der Waals surface area contributed by atoms with Crippen LogP contribution in [0.2, 0.25) is 0 Å². The van der Waals surface area contributed by atoms with E-state index in [-0.39, 0.29) is 18.2 Å². The Morgan fingerprint density at radius 1 is 1.09 bits per heavy atom. The third kappa shape index (κ3) is 5.45. The van der Waals surface area contributed by atoms with Gasteiger partial charge in [-0.2, -0.15) is 0 Å². The van der Waals surface area contributed by atoms with Crippen LogP contribution in [0.25, 0.3) is 11.4 Å². The lowest BCUT2D eigenvalue weighted by Crippen LogP contribution is -2.29. The molecule has 2 heterocycles. The molecular formula is C25H28FN5O2. The fraction of sp³-hybridized carbons (Fsp3) is 0.360. The Bertz CT molecular complexity index is 1160. The first-order chi connectivity index (χ1) is 15.9. The highest BCUT2D eigenvalue weighted by Gasteiger charge is 2.21. The first-order valence-corrected chi connectivity index (χ1v) is 11.3. The van der Waals surface area contributed by atoms with Crippen molar-refractivity contribution in [2.75, 3.05) is 5.32 Å². The lowest BCUT2D eigenvalue weighted by atomic mass is 10.0. The molecule has 0 radical (unpaired) electrons. The molecule has 1 aliphatic heterocycles. The molecule has 3 aromatic rings. The van der Waals surface area contributed by atoms with Crippen molar-refractivity contribution in [1.82, 2.24) is 20.1 Å². The van der Waals surface area contributed by atoms with Gasteiger partial charge in [-0.3, -0.25) is 9.59 Å². The molecule has 0 aliphatic carbocycles. The largest absolute Gasteiger partial charge is 0.349 e. The molecule has 0 saturated heterocycles. The number of fused-ring (bicyclic) bond motifs is 1. The van der Waals surface area contributed by atoms with Crippen LogP contribution in [-0.4, -0.2) is 26.6 Å². The number of nitrogens with zero attached hydrogens (tertiary/aromatic N) is 3. The highest BCUT2D eigenvalue weighted by atomic mass is 19.1. The van der Waals surface area contributed by atoms with Crippen LogP contribution in [0.4, 0.5) is 10.1 Å². The van der Waals surface area contributed by atoms with Crippen LogP contribution in [0.15, 0.2) is 42.5 Å². The summed E-state index contributed by atoms with van der Waals surface area (Å²) in [6.45, 7) is 4.15. The zero-order valence-corrected chi connectivity index (χ0v) is 18.9. The van der Waals surface area contributed by atoms with E-state index in [1.807, 2.05) is 35.8 Å². The Hall–Kier alpha value is -3.55. The van der Waals surface area contributed by atoms with Crippen molar-refractivity contribution in [3.05, 3.63) is 65.2 Å². The normalized spacial score (nSPS) is 14.2. The first kappa shape index (κ1) is 22.6. The molecule has 8 heteroatoms. The number of hydrogen-bond acceptors (Lipinski definition) is 4. The Morgan fingerprint density at radius 3 is 2.64 bits per heavy atom. The molecule has 33 heavy (non-hydrogen) atoms. The van der Waals surface area contributed by atoms with Gasteiger partial charge in [0, 0.05) is 25.6 Å². The van der Waals surface area contributed by atoms with Crippen LogP contribution in [0.5, 0.6) is 0 Å². The van der Waals surface area contributed by atoms with E-state index in [0.29, 0.717) is 17.1 Å². The van der Waals surface area contributed by atoms with Gasteiger partial charge < -0.3 is 15.2 Å². The number of halogens is 1. The molecule has 2 amide bonds. The van der Waals surface area contributed by atoms with Gasteiger partial charge >= 0.3 is 0 Å². The zero-order valence-electron chi connectivity index (χ0n) is 18.9. The zero-order chi connectivity index (χ0) is 23.4. The van der Waals surface area contributed by atoms with Crippen molar-refractivity contribution in [2.24, 2.45) is 0 Å². The molecule has 0 fully saturated rings. The van der Waals surface area contributed by atoms with E-state index in [4.69, 9.17) is 0 Å². The number of hydrogen-bond donors (Lipinski definition) is 2. The van der Waals surface area contributed by atoms with Crippen LogP contribution in [0, 0.1) is 12.7 Å². The predicted molar refractivity (Wildman–Crippen MR) is 124 cm³/mol. The molecule has 4 rings (SSSR count). The van der Waals surface area contributed by atoms with Gasteiger partial charge in [-0.25, -0.2) is 4.39 Å². The SMILES string of the molecule is CC(=O)NC(CC(=O)Nc1ccc(F)c(-c2nnc3n2CCCCC3)c1)c1ccc(C)cc1. The lowest BCUT2D eigenvalue weighted by Gasteiger charge is -2.18. The Kier molecular flexibility index (Phi) is 6.82. The second-order valence-corrected chi connectivity index (χ2v) is 8.51. The van der Waals surface area contributed by atoms with E-state index in [0.717, 1.165) is 49.2 Å². The molecule has 2 aromatic carbocycles. The molecule has 1 aromatic heterocycles. The van der Waals surface area contributed by atoms with Gasteiger partial charge in [0.05, 0.1) is 18.0 Å². The molecule has 1 unspecified atom stereocenters. The Morgan fingerprint density at radius 2 is 1.88 bits per heavy atom. The van der Waals surface area contributed by atoms with Gasteiger partial charge in [0.25, 0.3) is 0 Å². The maximum Gasteiger partial charge on any atom is 0.226 e. The second kappa shape index (κ2) is 9.94. The van der Waals surface area contributed by atoms with Crippen molar-refractivity contribution in [2.45, 2.75) is 58.5 Å². The predicted octanol–water partition coefficient (Wildman–Crippen LogP) is 4.33. The Balaban J connectivity index is 1.53. The maximum absolute atomic E-state index is 14.7. The number of amides is 2. The molecular weight excluding hydrogens is 421 g/mol. The van der Waals surface area contributed by atoms with E-state index in [2.05, 4.69) is 20.8 Å². The summed E-state index contributed by atoms with van der Waals surface area (Å²) in [6, 6.07) is 11.7. The van der Waals surface area contributed by atoms with Gasteiger partial charge in [-0.15, -0.1) is 10.2 Å². The van der Waals surface area contributed by atoms with Crippen LogP contribution >= 0.6 is 0 Å². The maximum atomic E-state index is 14.7. The van der Waals surface area contributed by atoms with E-state index in [1.54, 1.807) is 6.07 Å². The van der Waals surface area contributed by atoms with Gasteiger partial charge in [0.1, 0.15) is 11.6 Å². The minimum atomic E-state index is -0.463. The first-order valence-electron chi connectivity index (χ1n) is 11.3. The minimum absolute atomic E-state index is 0.0513. The van der Waals surface area contributed by atoms with Crippen LogP contribution in [0.1, 0.15) is 55.6 Å². The van der Waals surface area contributed by atoms with Crippen LogP contribution in [0.3, 0.4) is 0 Å². The van der Waals surface area contributed by atoms with Crippen LogP contribution in [-0.2, 0) is 22.6 Å². The number of benzene rings is 2. The molecule has 2 N–H and O–H groups in total. The summed E-state index contributed by atoms with van der Waals surface area (Å²) in [7, 11) is 0. The van der Waals surface area contributed by atoms with Crippen molar-refractivity contribution in [3.8, 4) is 11.4 Å². The molecule has 0 saturated carbocycles. The number of carbonyl (C=O) groups excluding carboxylic acids is 2. The third-order valence-electron chi connectivity index (χ3n) is 5.85. The molecule has 0 spiro atoms.